The van der Waals surface area contributed by atoms with Gasteiger partial charge in [0.05, 0.1) is 5.56 Å². The lowest BCUT2D eigenvalue weighted by atomic mass is 10.1. The van der Waals surface area contributed by atoms with Gasteiger partial charge in [-0.3, -0.25) is 0 Å². The SMILES string of the molecule is CC(C)(C)NC(=O)N1CCS[C@@H]1c1cccc(C(F)(F)F)c1. The van der Waals surface area contributed by atoms with Crippen molar-refractivity contribution < 1.29 is 18.0 Å². The minimum atomic E-state index is -4.38. The highest BCUT2D eigenvalue weighted by molar-refractivity contribution is 7.99. The molecule has 122 valence electrons. The summed E-state index contributed by atoms with van der Waals surface area (Å²) < 4.78 is 38.5. The molecule has 0 aromatic heterocycles. The zero-order valence-corrected chi connectivity index (χ0v) is 13.5. The average molecular weight is 332 g/mol. The Morgan fingerprint density at radius 2 is 2.00 bits per heavy atom. The van der Waals surface area contributed by atoms with Crippen molar-refractivity contribution >= 4 is 17.8 Å². The minimum absolute atomic E-state index is 0.250. The smallest absolute Gasteiger partial charge is 0.333 e. The number of rotatable bonds is 1. The molecule has 7 heteroatoms. The van der Waals surface area contributed by atoms with Crippen LogP contribution in [-0.2, 0) is 6.18 Å². The molecule has 2 amide bonds. The summed E-state index contributed by atoms with van der Waals surface area (Å²) in [6.07, 6.45) is -4.38. The zero-order valence-electron chi connectivity index (χ0n) is 12.7. The van der Waals surface area contributed by atoms with Crippen LogP contribution in [0.15, 0.2) is 24.3 Å². The van der Waals surface area contributed by atoms with Gasteiger partial charge >= 0.3 is 12.2 Å². The van der Waals surface area contributed by atoms with Crippen LogP contribution in [0.25, 0.3) is 0 Å². The number of carbonyl (C=O) groups is 1. The van der Waals surface area contributed by atoms with Gasteiger partial charge in [0.2, 0.25) is 0 Å². The molecule has 0 saturated carbocycles. The maximum absolute atomic E-state index is 12.8. The molecule has 1 saturated heterocycles. The second kappa shape index (κ2) is 6.02. The first-order valence-corrected chi connectivity index (χ1v) is 8.00. The van der Waals surface area contributed by atoms with Crippen LogP contribution in [0.4, 0.5) is 18.0 Å². The van der Waals surface area contributed by atoms with Gasteiger partial charge in [0.25, 0.3) is 0 Å². The molecule has 0 spiro atoms. The number of urea groups is 1. The summed E-state index contributed by atoms with van der Waals surface area (Å²) in [6.45, 7) is 6.13. The molecule has 0 unspecified atom stereocenters. The maximum atomic E-state index is 12.8. The number of amides is 2. The summed E-state index contributed by atoms with van der Waals surface area (Å²) in [5.74, 6) is 0.707. The third-order valence-corrected chi connectivity index (χ3v) is 4.39. The summed E-state index contributed by atoms with van der Waals surface area (Å²) in [7, 11) is 0. The van der Waals surface area contributed by atoms with E-state index in [0.717, 1.165) is 12.1 Å². The molecule has 0 aliphatic carbocycles. The fraction of sp³-hybridized carbons (Fsp3) is 0.533. The van der Waals surface area contributed by atoms with Crippen LogP contribution >= 0.6 is 11.8 Å². The van der Waals surface area contributed by atoms with E-state index in [1.54, 1.807) is 11.0 Å². The Kier molecular flexibility index (Phi) is 4.65. The predicted molar refractivity (Wildman–Crippen MR) is 81.6 cm³/mol. The quantitative estimate of drug-likeness (QED) is 0.833. The van der Waals surface area contributed by atoms with E-state index in [1.807, 2.05) is 20.8 Å². The van der Waals surface area contributed by atoms with Crippen LogP contribution in [0, 0.1) is 0 Å². The van der Waals surface area contributed by atoms with E-state index in [0.29, 0.717) is 17.9 Å². The Morgan fingerprint density at radius 1 is 1.32 bits per heavy atom. The van der Waals surface area contributed by atoms with Crippen molar-refractivity contribution in [2.45, 2.75) is 37.9 Å². The van der Waals surface area contributed by atoms with E-state index in [4.69, 9.17) is 0 Å². The van der Waals surface area contributed by atoms with Crippen molar-refractivity contribution in [3.05, 3.63) is 35.4 Å². The number of halogens is 3. The highest BCUT2D eigenvalue weighted by Crippen LogP contribution is 2.40. The largest absolute Gasteiger partial charge is 0.416 e. The summed E-state index contributed by atoms with van der Waals surface area (Å²) in [4.78, 5) is 13.9. The fourth-order valence-electron chi connectivity index (χ4n) is 2.22. The molecule has 22 heavy (non-hydrogen) atoms. The number of hydrogen-bond acceptors (Lipinski definition) is 2. The predicted octanol–water partition coefficient (Wildman–Crippen LogP) is 4.26. The van der Waals surface area contributed by atoms with Crippen LogP contribution in [0.3, 0.4) is 0 Å². The van der Waals surface area contributed by atoms with Crippen LogP contribution in [-0.4, -0.2) is 28.8 Å². The van der Waals surface area contributed by atoms with Gasteiger partial charge in [-0.25, -0.2) is 4.79 Å². The van der Waals surface area contributed by atoms with Gasteiger partial charge in [0.15, 0.2) is 0 Å². The Hall–Kier alpha value is -1.37. The number of alkyl halides is 3. The standard InChI is InChI=1S/C15H19F3N2OS/c1-14(2,3)19-13(21)20-7-8-22-12(20)10-5-4-6-11(9-10)15(16,17)18/h4-6,9,12H,7-8H2,1-3H3,(H,19,21)/t12-/m1/s1. The van der Waals surface area contributed by atoms with E-state index in [9.17, 15) is 18.0 Å². The first-order valence-electron chi connectivity index (χ1n) is 6.95. The number of hydrogen-bond donors (Lipinski definition) is 1. The summed E-state index contributed by atoms with van der Waals surface area (Å²) in [5, 5.41) is 2.47. The monoisotopic (exact) mass is 332 g/mol. The van der Waals surface area contributed by atoms with Gasteiger partial charge in [-0.05, 0) is 38.5 Å². The van der Waals surface area contributed by atoms with Crippen molar-refractivity contribution in [1.82, 2.24) is 10.2 Å². The molecule has 3 nitrogen and oxygen atoms in total. The van der Waals surface area contributed by atoms with Gasteiger partial charge in [-0.15, -0.1) is 11.8 Å². The number of nitrogens with zero attached hydrogens (tertiary/aromatic N) is 1. The summed E-state index contributed by atoms with van der Waals surface area (Å²) >= 11 is 1.47. The first kappa shape index (κ1) is 17.0. The maximum Gasteiger partial charge on any atom is 0.416 e. The lowest BCUT2D eigenvalue weighted by Crippen LogP contribution is -2.48. The molecule has 1 N–H and O–H groups in total. The highest BCUT2D eigenvalue weighted by Gasteiger charge is 2.35. The van der Waals surface area contributed by atoms with Crippen LogP contribution in [0.1, 0.15) is 37.3 Å². The second-order valence-electron chi connectivity index (χ2n) is 6.22. The lowest BCUT2D eigenvalue weighted by molar-refractivity contribution is -0.137. The van der Waals surface area contributed by atoms with Crippen molar-refractivity contribution in [2.75, 3.05) is 12.3 Å². The molecule has 1 aliphatic heterocycles. The molecule has 1 aromatic rings. The third-order valence-electron chi connectivity index (χ3n) is 3.13. The van der Waals surface area contributed by atoms with Gasteiger partial charge in [0, 0.05) is 17.8 Å². The van der Waals surface area contributed by atoms with Crippen molar-refractivity contribution in [2.24, 2.45) is 0 Å². The lowest BCUT2D eigenvalue weighted by Gasteiger charge is -2.29. The van der Waals surface area contributed by atoms with Gasteiger partial charge < -0.3 is 10.2 Å². The van der Waals surface area contributed by atoms with Crippen LogP contribution < -0.4 is 5.32 Å². The number of carbonyl (C=O) groups excluding carboxylic acids is 1. The minimum Gasteiger partial charge on any atom is -0.333 e. The fourth-order valence-corrected chi connectivity index (χ4v) is 3.46. The average Bonchev–Trinajstić information content (AvgIpc) is 2.85. The van der Waals surface area contributed by atoms with Crippen molar-refractivity contribution in [3.8, 4) is 0 Å². The number of nitrogens with one attached hydrogen (secondary N) is 1. The van der Waals surface area contributed by atoms with Crippen molar-refractivity contribution in [1.29, 1.82) is 0 Å². The Morgan fingerprint density at radius 3 is 2.59 bits per heavy atom. The van der Waals surface area contributed by atoms with E-state index in [-0.39, 0.29) is 16.9 Å². The Balaban J connectivity index is 2.22. The van der Waals surface area contributed by atoms with Gasteiger partial charge in [0.1, 0.15) is 5.37 Å². The highest BCUT2D eigenvalue weighted by atomic mass is 32.2. The molecule has 1 heterocycles. The molecule has 1 aromatic carbocycles. The van der Waals surface area contributed by atoms with Gasteiger partial charge in [-0.1, -0.05) is 12.1 Å². The van der Waals surface area contributed by atoms with E-state index in [1.165, 1.54) is 17.8 Å². The summed E-state index contributed by atoms with van der Waals surface area (Å²) in [5.41, 5.74) is -0.571. The molecule has 1 aliphatic rings. The molecule has 0 radical (unpaired) electrons. The third kappa shape index (κ3) is 4.09. The van der Waals surface area contributed by atoms with Crippen LogP contribution in [0.2, 0.25) is 0 Å². The Bertz CT molecular complexity index is 554. The second-order valence-corrected chi connectivity index (χ2v) is 7.41. The van der Waals surface area contributed by atoms with E-state index >= 15 is 0 Å². The topological polar surface area (TPSA) is 32.3 Å². The molecule has 0 bridgehead atoms. The Labute approximate surface area is 132 Å². The molecular weight excluding hydrogens is 313 g/mol. The van der Waals surface area contributed by atoms with Crippen LogP contribution in [0.5, 0.6) is 0 Å². The van der Waals surface area contributed by atoms with E-state index in [2.05, 4.69) is 5.32 Å². The first-order chi connectivity index (χ1) is 10.1. The number of thioether (sulfide) groups is 1. The van der Waals surface area contributed by atoms with Crippen molar-refractivity contribution in [3.63, 3.8) is 0 Å². The normalized spacial score (nSPS) is 19.4. The number of benzene rings is 1. The summed E-state index contributed by atoms with van der Waals surface area (Å²) in [6, 6.07) is 4.94. The molecule has 2 rings (SSSR count). The molecule has 1 fully saturated rings. The zero-order chi connectivity index (χ0) is 16.5. The van der Waals surface area contributed by atoms with E-state index < -0.39 is 11.7 Å². The molecular formula is C15H19F3N2OS. The van der Waals surface area contributed by atoms with Gasteiger partial charge in [-0.2, -0.15) is 13.2 Å². The molecule has 1 atom stereocenters.